The van der Waals surface area contributed by atoms with Crippen molar-refractivity contribution in [3.63, 3.8) is 0 Å². The van der Waals surface area contributed by atoms with Crippen molar-refractivity contribution in [3.05, 3.63) is 20.7 Å². The number of nitrogens with zero attached hydrogens (tertiary/aromatic N) is 2. The number of carbonyl (C=O) groups excluding carboxylic acids is 1. The van der Waals surface area contributed by atoms with Gasteiger partial charge in [-0.15, -0.1) is 0 Å². The van der Waals surface area contributed by atoms with Gasteiger partial charge in [-0.2, -0.15) is 0 Å². The first-order chi connectivity index (χ1) is 8.32. The Balaban J connectivity index is 2.82. The van der Waals surface area contributed by atoms with Crippen LogP contribution in [-0.4, -0.2) is 39.2 Å². The molecule has 1 aromatic heterocycles. The van der Waals surface area contributed by atoms with Gasteiger partial charge in [0.1, 0.15) is 6.54 Å². The van der Waals surface area contributed by atoms with E-state index < -0.39 is 6.10 Å². The number of rotatable bonds is 5. The smallest absolute Gasteiger partial charge is 0.307 e. The summed E-state index contributed by atoms with van der Waals surface area (Å²) in [6.07, 6.45) is -0.573. The molecule has 0 spiro atoms. The Bertz CT molecular complexity index is 462. The molecule has 102 valence electrons. The Kier molecular flexibility index (Phi) is 5.10. The van der Waals surface area contributed by atoms with Crippen LogP contribution in [0.1, 0.15) is 26.5 Å². The van der Waals surface area contributed by atoms with Crippen LogP contribution in [0.15, 0.2) is 10.2 Å². The highest BCUT2D eigenvalue weighted by molar-refractivity contribution is 7.07. The molecule has 1 amide bonds. The van der Waals surface area contributed by atoms with Crippen LogP contribution in [0, 0.1) is 6.92 Å². The van der Waals surface area contributed by atoms with Crippen molar-refractivity contribution >= 4 is 17.2 Å². The SMILES string of the molecule is Cc1csc(=O)n1CC(=O)N(CC(C)O)C(C)C. The van der Waals surface area contributed by atoms with E-state index in [2.05, 4.69) is 0 Å². The van der Waals surface area contributed by atoms with Crippen molar-refractivity contribution in [2.24, 2.45) is 0 Å². The summed E-state index contributed by atoms with van der Waals surface area (Å²) in [7, 11) is 0. The van der Waals surface area contributed by atoms with Crippen LogP contribution in [0.25, 0.3) is 0 Å². The van der Waals surface area contributed by atoms with Crippen LogP contribution in [0.5, 0.6) is 0 Å². The molecule has 0 aliphatic carbocycles. The van der Waals surface area contributed by atoms with Crippen LogP contribution in [0.3, 0.4) is 0 Å². The van der Waals surface area contributed by atoms with E-state index in [-0.39, 0.29) is 29.9 Å². The molecule has 0 fully saturated rings. The van der Waals surface area contributed by atoms with Gasteiger partial charge >= 0.3 is 4.87 Å². The fourth-order valence-corrected chi connectivity index (χ4v) is 2.44. The summed E-state index contributed by atoms with van der Waals surface area (Å²) < 4.78 is 1.46. The van der Waals surface area contributed by atoms with Crippen LogP contribution in [-0.2, 0) is 11.3 Å². The summed E-state index contributed by atoms with van der Waals surface area (Å²) in [6.45, 7) is 7.56. The second-order valence-corrected chi connectivity index (χ2v) is 5.54. The summed E-state index contributed by atoms with van der Waals surface area (Å²) in [6, 6.07) is 0.00161. The number of aliphatic hydroxyl groups excluding tert-OH is 1. The minimum Gasteiger partial charge on any atom is -0.392 e. The molecule has 0 saturated carbocycles. The third kappa shape index (κ3) is 3.68. The highest BCUT2D eigenvalue weighted by Gasteiger charge is 2.20. The predicted octanol–water partition coefficient (Wildman–Crippen LogP) is 0.836. The molecule has 1 unspecified atom stereocenters. The average Bonchev–Trinajstić information content (AvgIpc) is 2.56. The molecule has 18 heavy (non-hydrogen) atoms. The number of carbonyl (C=O) groups is 1. The number of aliphatic hydroxyl groups is 1. The number of hydrogen-bond acceptors (Lipinski definition) is 4. The molecule has 1 atom stereocenters. The molecular weight excluding hydrogens is 252 g/mol. The van der Waals surface area contributed by atoms with E-state index in [1.165, 1.54) is 4.57 Å². The predicted molar refractivity (Wildman–Crippen MR) is 71.8 cm³/mol. The average molecular weight is 272 g/mol. The molecule has 1 heterocycles. The standard InChI is InChI=1S/C12H20N2O3S/c1-8(2)13(5-10(4)15)11(16)6-14-9(3)7-18-12(14)17/h7-8,10,15H,5-6H2,1-4H3. The zero-order valence-electron chi connectivity index (χ0n) is 11.2. The van der Waals surface area contributed by atoms with Crippen LogP contribution >= 0.6 is 11.3 Å². The Labute approximate surface area is 111 Å². The highest BCUT2D eigenvalue weighted by atomic mass is 32.1. The maximum Gasteiger partial charge on any atom is 0.307 e. The Hall–Kier alpha value is -1.14. The molecular formula is C12H20N2O3S. The van der Waals surface area contributed by atoms with Gasteiger partial charge in [0.2, 0.25) is 5.91 Å². The van der Waals surface area contributed by atoms with Gasteiger partial charge in [-0.25, -0.2) is 0 Å². The lowest BCUT2D eigenvalue weighted by molar-refractivity contribution is -0.135. The first-order valence-corrected chi connectivity index (χ1v) is 6.83. The molecule has 1 aromatic rings. The minimum atomic E-state index is -0.573. The molecule has 5 nitrogen and oxygen atoms in total. The van der Waals surface area contributed by atoms with Crippen molar-refractivity contribution in [2.75, 3.05) is 6.54 Å². The lowest BCUT2D eigenvalue weighted by Crippen LogP contribution is -2.43. The van der Waals surface area contributed by atoms with Crippen molar-refractivity contribution in [1.29, 1.82) is 0 Å². The van der Waals surface area contributed by atoms with Gasteiger partial charge in [-0.3, -0.25) is 14.2 Å². The number of thiazole rings is 1. The quantitative estimate of drug-likeness (QED) is 0.864. The zero-order valence-corrected chi connectivity index (χ0v) is 12.0. The fraction of sp³-hybridized carbons (Fsp3) is 0.667. The topological polar surface area (TPSA) is 62.5 Å². The van der Waals surface area contributed by atoms with E-state index >= 15 is 0 Å². The highest BCUT2D eigenvalue weighted by Crippen LogP contribution is 2.05. The molecule has 0 aliphatic heterocycles. The second-order valence-electron chi connectivity index (χ2n) is 4.72. The molecule has 0 saturated heterocycles. The van der Waals surface area contributed by atoms with Crippen LogP contribution in [0.2, 0.25) is 0 Å². The molecule has 0 aliphatic rings. The normalized spacial score (nSPS) is 12.8. The Morgan fingerprint density at radius 2 is 2.11 bits per heavy atom. The largest absolute Gasteiger partial charge is 0.392 e. The Morgan fingerprint density at radius 3 is 2.50 bits per heavy atom. The van der Waals surface area contributed by atoms with E-state index in [4.69, 9.17) is 0 Å². The summed E-state index contributed by atoms with van der Waals surface area (Å²) in [5, 5.41) is 11.1. The van der Waals surface area contributed by atoms with Gasteiger partial charge in [-0.05, 0) is 27.7 Å². The molecule has 0 bridgehead atoms. The van der Waals surface area contributed by atoms with Crippen molar-refractivity contribution in [3.8, 4) is 0 Å². The third-order valence-electron chi connectivity index (χ3n) is 2.67. The van der Waals surface area contributed by atoms with Gasteiger partial charge in [0.05, 0.1) is 6.10 Å². The van der Waals surface area contributed by atoms with Gasteiger partial charge in [-0.1, -0.05) is 11.3 Å². The zero-order chi connectivity index (χ0) is 13.9. The monoisotopic (exact) mass is 272 g/mol. The molecule has 0 radical (unpaired) electrons. The Morgan fingerprint density at radius 1 is 1.50 bits per heavy atom. The van der Waals surface area contributed by atoms with Crippen molar-refractivity contribution in [2.45, 2.75) is 46.4 Å². The van der Waals surface area contributed by atoms with Gasteiger partial charge < -0.3 is 10.0 Å². The van der Waals surface area contributed by atoms with Crippen molar-refractivity contribution < 1.29 is 9.90 Å². The maximum absolute atomic E-state index is 12.2. The van der Waals surface area contributed by atoms with E-state index in [9.17, 15) is 14.7 Å². The molecule has 1 rings (SSSR count). The van der Waals surface area contributed by atoms with E-state index in [1.807, 2.05) is 13.8 Å². The molecule has 0 aromatic carbocycles. The van der Waals surface area contributed by atoms with Crippen LogP contribution < -0.4 is 4.87 Å². The lowest BCUT2D eigenvalue weighted by Gasteiger charge is -2.28. The fourth-order valence-electron chi connectivity index (χ4n) is 1.71. The summed E-state index contributed by atoms with van der Waals surface area (Å²) in [4.78, 5) is 25.2. The maximum atomic E-state index is 12.2. The lowest BCUT2D eigenvalue weighted by atomic mass is 10.2. The summed E-state index contributed by atoms with van der Waals surface area (Å²) in [5.74, 6) is -0.144. The minimum absolute atomic E-state index is 0.00161. The van der Waals surface area contributed by atoms with E-state index in [0.717, 1.165) is 17.0 Å². The van der Waals surface area contributed by atoms with Crippen LogP contribution in [0.4, 0.5) is 0 Å². The number of aromatic nitrogens is 1. The summed E-state index contributed by atoms with van der Waals surface area (Å²) in [5.41, 5.74) is 0.791. The van der Waals surface area contributed by atoms with Gasteiger partial charge in [0.25, 0.3) is 0 Å². The van der Waals surface area contributed by atoms with E-state index in [0.29, 0.717) is 0 Å². The molecule has 6 heteroatoms. The first kappa shape index (κ1) is 14.9. The van der Waals surface area contributed by atoms with Gasteiger partial charge in [0, 0.05) is 23.7 Å². The second kappa shape index (κ2) is 6.15. The van der Waals surface area contributed by atoms with E-state index in [1.54, 1.807) is 24.1 Å². The number of amides is 1. The summed E-state index contributed by atoms with van der Waals surface area (Å²) >= 11 is 1.09. The number of hydrogen-bond donors (Lipinski definition) is 1. The van der Waals surface area contributed by atoms with Crippen molar-refractivity contribution in [1.82, 2.24) is 9.47 Å². The first-order valence-electron chi connectivity index (χ1n) is 5.95. The number of aryl methyl sites for hydroxylation is 1. The van der Waals surface area contributed by atoms with Gasteiger partial charge in [0.15, 0.2) is 0 Å². The third-order valence-corrected chi connectivity index (χ3v) is 3.56. The molecule has 1 N–H and O–H groups in total.